The molecule has 12 heteroatoms. The molecule has 2 saturated heterocycles. The van der Waals surface area contributed by atoms with Crippen LogP contribution in [0.5, 0.6) is 6.01 Å². The Morgan fingerprint density at radius 3 is 2.38 bits per heavy atom. The number of fused-ring (bicyclic) bond motifs is 2. The Balaban J connectivity index is 1.28. The van der Waals surface area contributed by atoms with Gasteiger partial charge in [0, 0.05) is 40.5 Å². The summed E-state index contributed by atoms with van der Waals surface area (Å²) in [5.74, 6) is -0.501. The first-order valence-electron chi connectivity index (χ1n) is 13.8. The van der Waals surface area contributed by atoms with E-state index < -0.39 is 40.0 Å². The van der Waals surface area contributed by atoms with E-state index in [0.29, 0.717) is 29.0 Å². The lowest BCUT2D eigenvalue weighted by Gasteiger charge is -2.18. The van der Waals surface area contributed by atoms with Gasteiger partial charge in [0.2, 0.25) is 0 Å². The summed E-state index contributed by atoms with van der Waals surface area (Å²) in [4.78, 5) is 9.16. The quantitative estimate of drug-likeness (QED) is 0.280. The van der Waals surface area contributed by atoms with Crippen LogP contribution in [0.2, 0.25) is 0 Å². The molecule has 0 amide bonds. The number of rotatable bonds is 9. The van der Waals surface area contributed by atoms with Gasteiger partial charge in [0.15, 0.2) is 17.6 Å². The highest BCUT2D eigenvalue weighted by Gasteiger charge is 2.49. The van der Waals surface area contributed by atoms with Crippen molar-refractivity contribution in [3.63, 3.8) is 0 Å². The molecule has 222 valence electrons. The van der Waals surface area contributed by atoms with Crippen LogP contribution in [0.1, 0.15) is 13.3 Å². The van der Waals surface area contributed by atoms with Crippen molar-refractivity contribution in [1.29, 1.82) is 0 Å². The van der Waals surface area contributed by atoms with Crippen molar-refractivity contribution in [2.45, 2.75) is 44.5 Å². The van der Waals surface area contributed by atoms with Gasteiger partial charge in [-0.1, -0.05) is 43.3 Å². The van der Waals surface area contributed by atoms with Gasteiger partial charge in [-0.3, -0.25) is 4.57 Å². The molecule has 2 fully saturated rings. The second kappa shape index (κ2) is 11.7. The minimum Gasteiger partial charge on any atom is -0.456 e. The molecule has 0 radical (unpaired) electrons. The molecule has 2 aromatic carbocycles. The molecule has 42 heavy (non-hydrogen) atoms. The number of halogens is 1. The van der Waals surface area contributed by atoms with E-state index in [4.69, 9.17) is 18.9 Å². The minimum atomic E-state index is -2.24. The zero-order chi connectivity index (χ0) is 29.4. The van der Waals surface area contributed by atoms with Gasteiger partial charge in [-0.2, -0.15) is 9.35 Å². The summed E-state index contributed by atoms with van der Waals surface area (Å²) in [5, 5.41) is 10.1. The van der Waals surface area contributed by atoms with E-state index in [1.807, 2.05) is 55.5 Å². The summed E-state index contributed by atoms with van der Waals surface area (Å²) in [6.45, 7) is 3.05. The van der Waals surface area contributed by atoms with E-state index in [1.165, 1.54) is 6.07 Å². The van der Waals surface area contributed by atoms with Crippen molar-refractivity contribution in [3.8, 4) is 28.4 Å². The molecular weight excluding hydrogens is 563 g/mol. The van der Waals surface area contributed by atoms with Crippen molar-refractivity contribution in [3.05, 3.63) is 60.4 Å². The molecule has 0 unspecified atom stereocenters. The Bertz CT molecular complexity index is 1690. The molecule has 4 aromatic rings. The molecule has 0 bridgehead atoms. The molecule has 0 saturated carbocycles. The third kappa shape index (κ3) is 5.90. The summed E-state index contributed by atoms with van der Waals surface area (Å²) in [6, 6.07) is 16.5. The topological polar surface area (TPSA) is 117 Å². The highest BCUT2D eigenvalue weighted by Crippen LogP contribution is 2.33. The molecule has 2 aliphatic rings. The fraction of sp³-hybridized carbons (Fsp3) is 0.400. The fourth-order valence-electron chi connectivity index (χ4n) is 5.19. The van der Waals surface area contributed by atoms with Crippen molar-refractivity contribution in [1.82, 2.24) is 14.5 Å². The summed E-state index contributed by atoms with van der Waals surface area (Å²) >= 11 is 0. The predicted molar refractivity (Wildman–Crippen MR) is 157 cm³/mol. The Morgan fingerprint density at radius 2 is 1.69 bits per heavy atom. The van der Waals surface area contributed by atoms with Gasteiger partial charge in [-0.15, -0.1) is 0 Å². The lowest BCUT2D eigenvalue weighted by atomic mass is 10.0. The predicted octanol–water partition coefficient (Wildman–Crippen LogP) is 4.55. The van der Waals surface area contributed by atoms with E-state index >= 15 is 4.39 Å². The smallest absolute Gasteiger partial charge is 0.301 e. The third-order valence-electron chi connectivity index (χ3n) is 7.15. The lowest BCUT2D eigenvalue weighted by Crippen LogP contribution is -2.35. The number of pyridine rings is 1. The largest absolute Gasteiger partial charge is 0.456 e. The Morgan fingerprint density at radius 1 is 1.02 bits per heavy atom. The Labute approximate surface area is 243 Å². The third-order valence-corrected chi connectivity index (χ3v) is 7.80. The maximum absolute atomic E-state index is 15.5. The van der Waals surface area contributed by atoms with Gasteiger partial charge in [0.1, 0.15) is 30.7 Å². The van der Waals surface area contributed by atoms with Gasteiger partial charge < -0.3 is 24.1 Å². The number of aliphatic hydroxyl groups is 1. The van der Waals surface area contributed by atoms with Crippen LogP contribution in [0.25, 0.3) is 33.5 Å². The first-order valence-corrected chi connectivity index (χ1v) is 16.1. The van der Waals surface area contributed by atoms with Crippen LogP contribution >= 0.6 is 0 Å². The molecule has 10 nitrogen and oxygen atoms in total. The molecule has 4 atom stereocenters. The fourth-order valence-corrected chi connectivity index (χ4v) is 5.82. The van der Waals surface area contributed by atoms with Crippen LogP contribution in [0.4, 0.5) is 10.1 Å². The molecule has 2 aliphatic heterocycles. The standard InChI is InChI=1S/C30H33FN4O6S/c1-4-13-38-17-35-23-14-22(31)26(32-29(23)33-30(35)41-25-16-40-27-24(36)15-39-28(25)27)20-7-5-18(6-8-20)19-9-11-21(12-10-19)34-42(2,3)37/h5-12,14,24-25,27-28,36H,4,13,15-17H2,1-3H3/t24-,25-,27-,28-/m1/s1. The van der Waals surface area contributed by atoms with Gasteiger partial charge in [0.25, 0.3) is 0 Å². The molecule has 0 aliphatic carbocycles. The van der Waals surface area contributed by atoms with Crippen LogP contribution < -0.4 is 4.74 Å². The van der Waals surface area contributed by atoms with Crippen molar-refractivity contribution >= 4 is 26.6 Å². The molecule has 2 aromatic heterocycles. The molecule has 1 N–H and O–H groups in total. The first kappa shape index (κ1) is 28.7. The zero-order valence-electron chi connectivity index (χ0n) is 23.6. The summed E-state index contributed by atoms with van der Waals surface area (Å²) in [6.07, 6.45) is 1.95. The summed E-state index contributed by atoms with van der Waals surface area (Å²) < 4.78 is 56.7. The maximum Gasteiger partial charge on any atom is 0.301 e. The van der Waals surface area contributed by atoms with Gasteiger partial charge in [-0.25, -0.2) is 13.6 Å². The number of aliphatic hydroxyl groups excluding tert-OH is 1. The highest BCUT2D eigenvalue weighted by molar-refractivity contribution is 7.92. The SMILES string of the molecule is CCCOCn1c(O[C@@H]2CO[C@H]3[C@@H]2OC[C@H]3O)nc2nc(-c3ccc(-c4ccc(N=S(C)(C)=O)cc4)cc3)c(F)cc21. The van der Waals surface area contributed by atoms with Gasteiger partial charge in [0.05, 0.1) is 24.4 Å². The normalized spacial score (nSPS) is 22.0. The highest BCUT2D eigenvalue weighted by atomic mass is 32.2. The summed E-state index contributed by atoms with van der Waals surface area (Å²) in [7, 11) is -2.24. The number of ether oxygens (including phenoxy) is 4. The average molecular weight is 597 g/mol. The second-order valence-corrected chi connectivity index (χ2v) is 13.3. The summed E-state index contributed by atoms with van der Waals surface area (Å²) in [5.41, 5.74) is 4.06. The number of benzene rings is 2. The molecule has 0 spiro atoms. The number of hydrogen-bond donors (Lipinski definition) is 1. The molecule has 4 heterocycles. The van der Waals surface area contributed by atoms with Crippen molar-refractivity contribution in [2.24, 2.45) is 4.36 Å². The van der Waals surface area contributed by atoms with Gasteiger partial charge in [-0.05, 0) is 29.7 Å². The van der Waals surface area contributed by atoms with Crippen LogP contribution in [0.3, 0.4) is 0 Å². The first-order chi connectivity index (χ1) is 20.2. The lowest BCUT2D eigenvalue weighted by molar-refractivity contribution is 0.00305. The van der Waals surface area contributed by atoms with Crippen molar-refractivity contribution < 1.29 is 32.7 Å². The van der Waals surface area contributed by atoms with Crippen LogP contribution in [-0.4, -0.2) is 80.6 Å². The maximum atomic E-state index is 15.5. The van der Waals surface area contributed by atoms with E-state index in [2.05, 4.69) is 14.3 Å². The van der Waals surface area contributed by atoms with Crippen molar-refractivity contribution in [2.75, 3.05) is 32.3 Å². The van der Waals surface area contributed by atoms with Crippen LogP contribution in [-0.2, 0) is 30.7 Å². The van der Waals surface area contributed by atoms with E-state index in [0.717, 1.165) is 17.5 Å². The number of aromatic nitrogens is 3. The van der Waals surface area contributed by atoms with Gasteiger partial charge >= 0.3 is 6.01 Å². The minimum absolute atomic E-state index is 0.111. The average Bonchev–Trinajstić information content (AvgIpc) is 3.63. The van der Waals surface area contributed by atoms with E-state index in [-0.39, 0.29) is 31.6 Å². The van der Waals surface area contributed by atoms with E-state index in [9.17, 15) is 9.32 Å². The van der Waals surface area contributed by atoms with E-state index in [1.54, 1.807) is 17.1 Å². The van der Waals surface area contributed by atoms with Crippen LogP contribution in [0, 0.1) is 5.82 Å². The monoisotopic (exact) mass is 596 g/mol. The Kier molecular flexibility index (Phi) is 7.99. The molecular formula is C30H33FN4O6S. The number of imidazole rings is 1. The van der Waals surface area contributed by atoms with Crippen LogP contribution in [0.15, 0.2) is 59.0 Å². The number of nitrogens with zero attached hydrogens (tertiary/aromatic N) is 4. The second-order valence-electron chi connectivity index (χ2n) is 10.7. The Hall–Kier alpha value is -3.42. The molecule has 6 rings (SSSR count). The number of hydrogen-bond acceptors (Lipinski definition) is 9. The zero-order valence-corrected chi connectivity index (χ0v) is 24.4.